The van der Waals surface area contributed by atoms with Crippen molar-refractivity contribution in [2.24, 2.45) is 5.41 Å². The average Bonchev–Trinajstić information content (AvgIpc) is 3.33. The summed E-state index contributed by atoms with van der Waals surface area (Å²) in [5.74, 6) is 1.18. The number of aromatic nitrogens is 1. The molecule has 0 bridgehead atoms. The maximum atomic E-state index is 13.6. The molecule has 7 nitrogen and oxygen atoms in total. The van der Waals surface area contributed by atoms with E-state index in [9.17, 15) is 9.59 Å². The molecule has 3 aliphatic rings. The highest BCUT2D eigenvalue weighted by atomic mass is 32.1. The van der Waals surface area contributed by atoms with Crippen molar-refractivity contribution >= 4 is 34.2 Å². The maximum absolute atomic E-state index is 13.6. The van der Waals surface area contributed by atoms with E-state index in [1.165, 1.54) is 0 Å². The smallest absolute Gasteiger partial charge is 0.173 e. The molecule has 0 radical (unpaired) electrons. The van der Waals surface area contributed by atoms with Crippen LogP contribution in [0.2, 0.25) is 0 Å². The molecular weight excluding hydrogens is 520 g/mol. The Morgan fingerprint density at radius 3 is 2.38 bits per heavy atom. The van der Waals surface area contributed by atoms with E-state index in [0.717, 1.165) is 101 Å². The van der Waals surface area contributed by atoms with Gasteiger partial charge in [-0.3, -0.25) is 4.79 Å². The normalized spacial score (nSPS) is 19.5. The van der Waals surface area contributed by atoms with Crippen molar-refractivity contribution in [2.45, 2.75) is 33.1 Å². The molecule has 0 unspecified atom stereocenters. The van der Waals surface area contributed by atoms with Gasteiger partial charge in [-0.2, -0.15) is 0 Å². The molecule has 1 aliphatic carbocycles. The number of pyridine rings is 1. The number of ether oxygens (including phenoxy) is 1. The number of anilines is 2. The molecule has 2 aromatic heterocycles. The molecule has 6 rings (SSSR count). The van der Waals surface area contributed by atoms with Gasteiger partial charge in [0.05, 0.1) is 18.1 Å². The largest absolute Gasteiger partial charge is 0.378 e. The minimum atomic E-state index is -0.132. The first-order valence-corrected chi connectivity index (χ1v) is 15.1. The fraction of sp³-hybridized carbons (Fsp3) is 0.469. The number of ketones is 1. The first kappa shape index (κ1) is 27.1. The quantitative estimate of drug-likeness (QED) is 0.396. The lowest BCUT2D eigenvalue weighted by Crippen LogP contribution is -2.45. The number of aldehydes is 1. The van der Waals surface area contributed by atoms with Crippen LogP contribution in [0.1, 0.15) is 41.1 Å². The number of hydrogen-bond donors (Lipinski definition) is 0. The van der Waals surface area contributed by atoms with Gasteiger partial charge in [0.25, 0.3) is 0 Å². The number of carbonyl (C=O) groups is 2. The number of benzene rings is 1. The zero-order chi connectivity index (χ0) is 27.9. The molecule has 3 aromatic rings. The number of rotatable bonds is 6. The number of nitrogens with zero attached hydrogens (tertiary/aromatic N) is 4. The van der Waals surface area contributed by atoms with Gasteiger partial charge in [0.1, 0.15) is 17.1 Å². The molecule has 4 heterocycles. The molecule has 210 valence electrons. The third-order valence-corrected chi connectivity index (χ3v) is 9.72. The van der Waals surface area contributed by atoms with Crippen molar-refractivity contribution in [3.8, 4) is 22.3 Å². The Kier molecular flexibility index (Phi) is 7.50. The summed E-state index contributed by atoms with van der Waals surface area (Å²) in [4.78, 5) is 38.7. The highest BCUT2D eigenvalue weighted by Crippen LogP contribution is 2.53. The molecular formula is C32H38N4O3S. The van der Waals surface area contributed by atoms with Crippen molar-refractivity contribution in [1.82, 2.24) is 9.88 Å². The molecule has 1 aromatic carbocycles. The molecule has 0 N–H and O–H groups in total. The number of likely N-dealkylation sites (N-methyl/N-ethyl adjacent to an activating group) is 1. The van der Waals surface area contributed by atoms with E-state index in [1.807, 2.05) is 12.3 Å². The van der Waals surface area contributed by atoms with E-state index in [-0.39, 0.29) is 17.6 Å². The van der Waals surface area contributed by atoms with Crippen LogP contribution in [0, 0.1) is 5.41 Å². The van der Waals surface area contributed by atoms with Crippen LogP contribution in [0.15, 0.2) is 36.5 Å². The lowest BCUT2D eigenvalue weighted by Gasteiger charge is -2.36. The lowest BCUT2D eigenvalue weighted by atomic mass is 9.74. The number of carbonyl (C=O) groups excluding carboxylic acids is 2. The van der Waals surface area contributed by atoms with Gasteiger partial charge < -0.3 is 24.2 Å². The molecule has 2 fully saturated rings. The number of morpholine rings is 1. The van der Waals surface area contributed by atoms with Gasteiger partial charge >= 0.3 is 0 Å². The Bertz CT molecular complexity index is 1400. The molecule has 0 spiro atoms. The van der Waals surface area contributed by atoms with Gasteiger partial charge in [0, 0.05) is 75.0 Å². The number of piperazine rings is 1. The van der Waals surface area contributed by atoms with Gasteiger partial charge in [0.2, 0.25) is 0 Å². The Morgan fingerprint density at radius 1 is 0.950 bits per heavy atom. The van der Waals surface area contributed by atoms with Gasteiger partial charge in [-0.05, 0) is 35.6 Å². The van der Waals surface area contributed by atoms with E-state index in [2.05, 4.69) is 59.9 Å². The zero-order valence-electron chi connectivity index (χ0n) is 23.7. The Labute approximate surface area is 240 Å². The summed E-state index contributed by atoms with van der Waals surface area (Å²) in [7, 11) is 2.16. The van der Waals surface area contributed by atoms with E-state index in [4.69, 9.17) is 9.72 Å². The van der Waals surface area contributed by atoms with Crippen molar-refractivity contribution in [2.75, 3.05) is 69.3 Å². The lowest BCUT2D eigenvalue weighted by molar-refractivity contribution is -0.107. The second kappa shape index (κ2) is 11.1. The van der Waals surface area contributed by atoms with Gasteiger partial charge in [-0.1, -0.05) is 44.2 Å². The van der Waals surface area contributed by atoms with Crippen LogP contribution in [0.5, 0.6) is 0 Å². The molecule has 2 aliphatic heterocycles. The summed E-state index contributed by atoms with van der Waals surface area (Å²) in [6.45, 7) is 11.0. The Morgan fingerprint density at radius 2 is 1.68 bits per heavy atom. The maximum Gasteiger partial charge on any atom is 0.173 e. The fourth-order valence-corrected chi connectivity index (χ4v) is 7.67. The summed E-state index contributed by atoms with van der Waals surface area (Å²) in [6, 6.07) is 10.5. The summed E-state index contributed by atoms with van der Waals surface area (Å²) < 4.78 is 5.71. The average molecular weight is 559 g/mol. The van der Waals surface area contributed by atoms with Crippen LogP contribution in [-0.2, 0) is 22.4 Å². The highest BCUT2D eigenvalue weighted by Gasteiger charge is 2.39. The third-order valence-electron chi connectivity index (χ3n) is 8.39. The van der Waals surface area contributed by atoms with Crippen LogP contribution in [0.4, 0.5) is 10.8 Å². The van der Waals surface area contributed by atoms with Crippen LogP contribution in [0.3, 0.4) is 0 Å². The predicted molar refractivity (Wildman–Crippen MR) is 162 cm³/mol. The number of fused-ring (bicyclic) bond motifs is 1. The van der Waals surface area contributed by atoms with E-state index in [1.54, 1.807) is 11.3 Å². The van der Waals surface area contributed by atoms with Crippen LogP contribution in [0.25, 0.3) is 22.3 Å². The molecule has 0 saturated carbocycles. The van der Waals surface area contributed by atoms with Crippen molar-refractivity contribution in [3.63, 3.8) is 0 Å². The third kappa shape index (κ3) is 5.08. The molecule has 2 saturated heterocycles. The minimum Gasteiger partial charge on any atom is -0.378 e. The van der Waals surface area contributed by atoms with Crippen LogP contribution in [-0.4, -0.2) is 81.5 Å². The van der Waals surface area contributed by atoms with E-state index in [0.29, 0.717) is 19.6 Å². The molecule has 0 amide bonds. The van der Waals surface area contributed by atoms with Crippen molar-refractivity contribution in [1.29, 1.82) is 0 Å². The summed E-state index contributed by atoms with van der Waals surface area (Å²) in [5.41, 5.74) is 6.25. The molecule has 8 heteroatoms. The second-order valence-corrected chi connectivity index (χ2v) is 13.0. The van der Waals surface area contributed by atoms with Crippen LogP contribution >= 0.6 is 11.3 Å². The monoisotopic (exact) mass is 558 g/mol. The van der Waals surface area contributed by atoms with Crippen molar-refractivity contribution in [3.05, 3.63) is 52.5 Å². The fourth-order valence-electron chi connectivity index (χ4n) is 6.36. The SMILES string of the molecule is CN1CCN(c2ncc(CC=O)c(-c3c(N4CCOCC4)sc4c3CC(C)(C)CC4=O)c2-c2ccccc2)CC1. The zero-order valence-corrected chi connectivity index (χ0v) is 24.6. The number of hydrogen-bond acceptors (Lipinski definition) is 8. The topological polar surface area (TPSA) is 66.0 Å². The standard InChI is InChI=1S/C32H38N4O3S/c1-32(2)19-24-28(31(36-14-17-39-18-15-36)40-29(24)25(38)20-32)26-23(9-16-37)21-33-30(35-12-10-34(3)11-13-35)27(26)22-7-5-4-6-8-22/h4-8,16,21H,9-15,17-20H2,1-3H3. The Hall–Kier alpha value is -3.07. The number of Topliss-reactive ketones (excluding diaryl/α,β-unsaturated/α-hetero) is 1. The minimum absolute atomic E-state index is 0.132. The summed E-state index contributed by atoms with van der Waals surface area (Å²) in [6.07, 6.45) is 4.54. The highest BCUT2D eigenvalue weighted by molar-refractivity contribution is 7.19. The first-order valence-electron chi connectivity index (χ1n) is 14.3. The van der Waals surface area contributed by atoms with Crippen molar-refractivity contribution < 1.29 is 14.3 Å². The summed E-state index contributed by atoms with van der Waals surface area (Å²) >= 11 is 1.64. The van der Waals surface area contributed by atoms with E-state index >= 15 is 0 Å². The van der Waals surface area contributed by atoms with Gasteiger partial charge in [-0.15, -0.1) is 11.3 Å². The van der Waals surface area contributed by atoms with Crippen LogP contribution < -0.4 is 9.80 Å². The van der Waals surface area contributed by atoms with Gasteiger partial charge in [0.15, 0.2) is 5.78 Å². The molecule has 40 heavy (non-hydrogen) atoms. The first-order chi connectivity index (χ1) is 19.4. The Balaban J connectivity index is 1.67. The number of thiophene rings is 1. The predicted octanol–water partition coefficient (Wildman–Crippen LogP) is 4.96. The molecule has 0 atom stereocenters. The second-order valence-electron chi connectivity index (χ2n) is 12.0. The summed E-state index contributed by atoms with van der Waals surface area (Å²) in [5, 5.41) is 1.12. The van der Waals surface area contributed by atoms with Gasteiger partial charge in [-0.25, -0.2) is 4.98 Å². The van der Waals surface area contributed by atoms with E-state index < -0.39 is 0 Å².